The van der Waals surface area contributed by atoms with Crippen molar-refractivity contribution < 1.29 is 30.0 Å². The van der Waals surface area contributed by atoms with Gasteiger partial charge in [-0.15, -0.1) is 0 Å². The smallest absolute Gasteiger partial charge is 1.00 e. The van der Waals surface area contributed by atoms with Gasteiger partial charge < -0.3 is 21.5 Å². The van der Waals surface area contributed by atoms with E-state index in [-0.39, 0.29) is 54.7 Å². The van der Waals surface area contributed by atoms with Crippen LogP contribution in [-0.2, 0) is 10.1 Å². The summed E-state index contributed by atoms with van der Waals surface area (Å²) in [4.78, 5) is 0. The van der Waals surface area contributed by atoms with Crippen molar-refractivity contribution >= 4 is 47.9 Å². The van der Waals surface area contributed by atoms with Crippen molar-refractivity contribution in [1.29, 1.82) is 0 Å². The van der Waals surface area contributed by atoms with Gasteiger partial charge in [0.05, 0.1) is 10.1 Å². The Kier molecular flexibility index (Phi) is 13.1. The van der Waals surface area contributed by atoms with Gasteiger partial charge in [-0.2, -0.15) is 0 Å². The molecule has 0 aliphatic carbocycles. The Morgan fingerprint density at radius 2 is 1.43 bits per heavy atom. The number of halogens is 1. The molecule has 0 aliphatic heterocycles. The normalized spacial score (nSPS) is 8.29. The molecule has 0 amide bonds. The van der Waals surface area contributed by atoms with Crippen molar-refractivity contribution in [2.24, 2.45) is 0 Å². The minimum atomic E-state index is -3.92. The Balaban J connectivity index is -0.0000000800. The Bertz CT molecular complexity index is 98.1. The predicted molar refractivity (Wildman–Crippen MR) is 21.4 cm³/mol. The second-order valence-electron chi connectivity index (χ2n) is 0.704. The first-order chi connectivity index (χ1) is 2.00. The molecule has 0 aliphatic rings. The molecule has 7 heavy (non-hydrogen) atoms. The molecule has 0 bridgehead atoms. The van der Waals surface area contributed by atoms with Gasteiger partial charge in [0.1, 0.15) is 0 Å². The molecule has 0 aromatic carbocycles. The molecule has 0 spiro atoms. The standard InChI is InChI=1S/CH4O3S.BrH.Ca/c1-5(2,3)4;;/h1H3,(H,2,3,4);1H;/q;;+2/p-2. The van der Waals surface area contributed by atoms with Crippen LogP contribution in [0.25, 0.3) is 0 Å². The molecular weight excluding hydrogens is 212 g/mol. The zero-order chi connectivity index (χ0) is 4.50. The van der Waals surface area contributed by atoms with Gasteiger partial charge in [-0.05, 0) is 0 Å². The van der Waals surface area contributed by atoms with Gasteiger partial charge in [-0.3, -0.25) is 0 Å². The summed E-state index contributed by atoms with van der Waals surface area (Å²) >= 11 is 0. The Morgan fingerprint density at radius 3 is 1.43 bits per heavy atom. The minimum Gasteiger partial charge on any atom is -1.00 e. The summed E-state index contributed by atoms with van der Waals surface area (Å²) in [5.74, 6) is 0. The van der Waals surface area contributed by atoms with E-state index in [0.29, 0.717) is 6.26 Å². The van der Waals surface area contributed by atoms with Crippen molar-refractivity contribution in [3.63, 3.8) is 0 Å². The third kappa shape index (κ3) is 89.7. The molecule has 0 saturated heterocycles. The van der Waals surface area contributed by atoms with E-state index in [1.54, 1.807) is 0 Å². The third-order valence-electron chi connectivity index (χ3n) is 0. The molecule has 0 saturated carbocycles. The summed E-state index contributed by atoms with van der Waals surface area (Å²) in [5.41, 5.74) is 0. The maximum atomic E-state index is 9.08. The first-order valence-electron chi connectivity index (χ1n) is 0.908. The van der Waals surface area contributed by atoms with Crippen LogP contribution in [0.2, 0.25) is 0 Å². The van der Waals surface area contributed by atoms with Crippen LogP contribution < -0.4 is 17.0 Å². The van der Waals surface area contributed by atoms with Crippen molar-refractivity contribution in [3.05, 3.63) is 0 Å². The maximum absolute atomic E-state index is 9.08. The molecule has 0 heterocycles. The van der Waals surface area contributed by atoms with Crippen LogP contribution in [0.1, 0.15) is 0 Å². The predicted octanol–water partition coefficient (Wildman–Crippen LogP) is -4.22. The summed E-state index contributed by atoms with van der Waals surface area (Å²) in [7, 11) is -3.92. The fraction of sp³-hybridized carbons (Fsp3) is 1.00. The Hall–Kier alpha value is 1.65. The summed E-state index contributed by atoms with van der Waals surface area (Å²) in [6, 6.07) is 0. The van der Waals surface area contributed by atoms with E-state index in [2.05, 4.69) is 0 Å². The van der Waals surface area contributed by atoms with Gasteiger partial charge in [0, 0.05) is 6.26 Å². The Morgan fingerprint density at radius 1 is 1.43 bits per heavy atom. The largest absolute Gasteiger partial charge is 2.00 e. The van der Waals surface area contributed by atoms with Crippen molar-refractivity contribution in [3.8, 4) is 0 Å². The first kappa shape index (κ1) is 15.9. The quantitative estimate of drug-likeness (QED) is 0.304. The van der Waals surface area contributed by atoms with E-state index >= 15 is 0 Å². The molecular formula is CH3BrCaO3S. The molecule has 3 nitrogen and oxygen atoms in total. The minimum absolute atomic E-state index is 0. The van der Waals surface area contributed by atoms with Gasteiger partial charge in [0.25, 0.3) is 0 Å². The van der Waals surface area contributed by atoms with E-state index < -0.39 is 10.1 Å². The van der Waals surface area contributed by atoms with E-state index in [0.717, 1.165) is 0 Å². The van der Waals surface area contributed by atoms with Gasteiger partial charge in [-0.1, -0.05) is 0 Å². The number of hydrogen-bond acceptors (Lipinski definition) is 3. The monoisotopic (exact) mass is 214 g/mol. The molecule has 0 rings (SSSR count). The van der Waals surface area contributed by atoms with Crippen molar-refractivity contribution in [1.82, 2.24) is 0 Å². The molecule has 0 atom stereocenters. The number of rotatable bonds is 0. The second-order valence-corrected chi connectivity index (χ2v) is 2.11. The van der Waals surface area contributed by atoms with Crippen LogP contribution >= 0.6 is 0 Å². The maximum Gasteiger partial charge on any atom is 2.00 e. The summed E-state index contributed by atoms with van der Waals surface area (Å²) in [6.07, 6.45) is 0.604. The van der Waals surface area contributed by atoms with Crippen molar-refractivity contribution in [2.75, 3.05) is 6.26 Å². The summed E-state index contributed by atoms with van der Waals surface area (Å²) < 4.78 is 27.2. The summed E-state index contributed by atoms with van der Waals surface area (Å²) in [6.45, 7) is 0. The first-order valence-corrected chi connectivity index (χ1v) is 2.72. The van der Waals surface area contributed by atoms with E-state index in [4.69, 9.17) is 13.0 Å². The molecule has 6 heteroatoms. The topological polar surface area (TPSA) is 57.2 Å². The molecule has 0 fully saturated rings. The molecule has 0 aromatic rings. The van der Waals surface area contributed by atoms with Crippen LogP contribution in [0.3, 0.4) is 0 Å². The van der Waals surface area contributed by atoms with E-state index in [1.807, 2.05) is 0 Å². The average molecular weight is 215 g/mol. The fourth-order valence-corrected chi connectivity index (χ4v) is 0. The fourth-order valence-electron chi connectivity index (χ4n) is 0. The van der Waals surface area contributed by atoms with Crippen LogP contribution in [-0.4, -0.2) is 57.0 Å². The van der Waals surface area contributed by atoms with Crippen LogP contribution in [0.4, 0.5) is 0 Å². The van der Waals surface area contributed by atoms with Crippen molar-refractivity contribution in [2.45, 2.75) is 0 Å². The molecule has 0 radical (unpaired) electrons. The average Bonchev–Trinajstić information content (AvgIpc) is 0.722. The molecule has 0 unspecified atom stereocenters. The van der Waals surface area contributed by atoms with Gasteiger partial charge >= 0.3 is 37.7 Å². The van der Waals surface area contributed by atoms with Gasteiger partial charge in [0.15, 0.2) is 0 Å². The summed E-state index contributed by atoms with van der Waals surface area (Å²) in [5, 5.41) is 0. The van der Waals surface area contributed by atoms with Gasteiger partial charge in [-0.25, -0.2) is 8.42 Å². The number of hydrogen-bond donors (Lipinski definition) is 0. The SMILES string of the molecule is CS(=O)(=O)[O-].[Br-].[Ca+2]. The third-order valence-corrected chi connectivity index (χ3v) is 0. The molecule has 0 N–H and O–H groups in total. The zero-order valence-corrected chi connectivity index (χ0v) is 8.33. The second kappa shape index (κ2) is 5.78. The van der Waals surface area contributed by atoms with Crippen LogP contribution in [0, 0.1) is 0 Å². The van der Waals surface area contributed by atoms with Crippen LogP contribution in [0.15, 0.2) is 0 Å². The van der Waals surface area contributed by atoms with E-state index in [1.165, 1.54) is 0 Å². The zero-order valence-electron chi connectivity index (χ0n) is 3.72. The van der Waals surface area contributed by atoms with Crippen LogP contribution in [0.5, 0.6) is 0 Å². The molecule has 0 aromatic heterocycles. The van der Waals surface area contributed by atoms with Gasteiger partial charge in [0.2, 0.25) is 0 Å². The Labute approximate surface area is 83.0 Å². The van der Waals surface area contributed by atoms with E-state index in [9.17, 15) is 0 Å². The molecule has 40 valence electrons.